The van der Waals surface area contributed by atoms with Crippen molar-refractivity contribution in [2.45, 2.75) is 19.9 Å². The molecule has 2 aromatic carbocycles. The summed E-state index contributed by atoms with van der Waals surface area (Å²) >= 11 is 0. The number of anilines is 2. The van der Waals surface area contributed by atoms with Gasteiger partial charge in [-0.2, -0.15) is 0 Å². The molecule has 3 rings (SSSR count). The third-order valence-corrected chi connectivity index (χ3v) is 4.03. The Labute approximate surface area is 154 Å². The van der Waals surface area contributed by atoms with Crippen LogP contribution in [-0.4, -0.2) is 33.7 Å². The van der Waals surface area contributed by atoms with Gasteiger partial charge in [0.25, 0.3) is 17.5 Å². The second-order valence-corrected chi connectivity index (χ2v) is 6.22. The topological polar surface area (TPSA) is 122 Å². The summed E-state index contributed by atoms with van der Waals surface area (Å²) in [6, 6.07) is 8.99. The average molecular weight is 368 g/mol. The van der Waals surface area contributed by atoms with Crippen LogP contribution in [-0.2, 0) is 0 Å². The molecule has 0 aliphatic carbocycles. The molecule has 2 N–H and O–H groups in total. The van der Waals surface area contributed by atoms with Crippen molar-refractivity contribution in [2.24, 2.45) is 0 Å². The zero-order valence-corrected chi connectivity index (χ0v) is 14.6. The average Bonchev–Trinajstić information content (AvgIpc) is 2.86. The first-order valence-corrected chi connectivity index (χ1v) is 8.12. The maximum absolute atomic E-state index is 12.4. The highest BCUT2D eigenvalue weighted by atomic mass is 16.6. The van der Waals surface area contributed by atoms with Crippen LogP contribution in [0.4, 0.5) is 21.9 Å². The molecule has 0 radical (unpaired) electrons. The summed E-state index contributed by atoms with van der Waals surface area (Å²) in [4.78, 5) is 48.0. The van der Waals surface area contributed by atoms with E-state index in [1.54, 1.807) is 13.8 Å². The smallest absolute Gasteiger partial charge is 0.308 e. The van der Waals surface area contributed by atoms with E-state index in [1.165, 1.54) is 47.4 Å². The summed E-state index contributed by atoms with van der Waals surface area (Å²) < 4.78 is 0. The van der Waals surface area contributed by atoms with E-state index in [0.29, 0.717) is 16.9 Å². The number of nitrogens with one attached hydrogen (secondary N) is 2. The number of hydrogen-bond acceptors (Lipinski definition) is 5. The van der Waals surface area contributed by atoms with Crippen LogP contribution >= 0.6 is 0 Å². The molecular weight excluding hydrogens is 352 g/mol. The number of nitro groups is 1. The Morgan fingerprint density at radius 3 is 2.11 bits per heavy atom. The first-order chi connectivity index (χ1) is 12.8. The van der Waals surface area contributed by atoms with Gasteiger partial charge < -0.3 is 10.6 Å². The lowest BCUT2D eigenvalue weighted by molar-refractivity contribution is -0.384. The van der Waals surface area contributed by atoms with Crippen LogP contribution in [0.15, 0.2) is 42.5 Å². The van der Waals surface area contributed by atoms with E-state index in [1.807, 2.05) is 0 Å². The molecule has 1 aliphatic rings. The molecule has 1 heterocycles. The fraction of sp³-hybridized carbons (Fsp3) is 0.167. The van der Waals surface area contributed by atoms with Crippen molar-refractivity contribution in [3.05, 3.63) is 63.7 Å². The van der Waals surface area contributed by atoms with Crippen molar-refractivity contribution >= 4 is 34.9 Å². The molecule has 0 unspecified atom stereocenters. The van der Waals surface area contributed by atoms with Crippen LogP contribution in [0.5, 0.6) is 0 Å². The van der Waals surface area contributed by atoms with Gasteiger partial charge in [0, 0.05) is 29.5 Å². The van der Waals surface area contributed by atoms with Crippen molar-refractivity contribution in [3.63, 3.8) is 0 Å². The Balaban J connectivity index is 1.72. The van der Waals surface area contributed by atoms with Crippen molar-refractivity contribution < 1.29 is 19.3 Å². The van der Waals surface area contributed by atoms with E-state index in [-0.39, 0.29) is 23.2 Å². The predicted octanol–water partition coefficient (Wildman–Crippen LogP) is 3.24. The molecular formula is C18H16N4O5. The van der Waals surface area contributed by atoms with Gasteiger partial charge in [0.1, 0.15) is 0 Å². The van der Waals surface area contributed by atoms with E-state index >= 15 is 0 Å². The molecule has 9 nitrogen and oxygen atoms in total. The number of rotatable bonds is 4. The number of amides is 4. The lowest BCUT2D eigenvalue weighted by Gasteiger charge is -2.17. The molecule has 0 spiro atoms. The molecule has 0 saturated heterocycles. The maximum Gasteiger partial charge on any atom is 0.323 e. The zero-order chi connectivity index (χ0) is 19.7. The van der Waals surface area contributed by atoms with E-state index in [9.17, 15) is 24.5 Å². The van der Waals surface area contributed by atoms with E-state index in [0.717, 1.165) is 0 Å². The van der Waals surface area contributed by atoms with E-state index in [4.69, 9.17) is 0 Å². The molecule has 4 amide bonds. The Hall–Kier alpha value is -3.75. The third kappa shape index (κ3) is 3.47. The highest BCUT2D eigenvalue weighted by molar-refractivity contribution is 6.22. The fourth-order valence-corrected chi connectivity index (χ4v) is 2.77. The zero-order valence-electron chi connectivity index (χ0n) is 14.6. The summed E-state index contributed by atoms with van der Waals surface area (Å²) in [5, 5.41) is 15.7. The molecule has 9 heteroatoms. The molecule has 1 aliphatic heterocycles. The standard InChI is InChI=1S/C18H16N4O5/c1-10(2)21-16(23)14-8-5-12(9-15(14)17(21)24)20-18(25)19-11-3-6-13(7-4-11)22(26)27/h3-10H,1-2H3,(H2,19,20,25). The van der Waals surface area contributed by atoms with Gasteiger partial charge in [-0.25, -0.2) is 4.79 Å². The summed E-state index contributed by atoms with van der Waals surface area (Å²) in [7, 11) is 0. The second kappa shape index (κ2) is 6.87. The number of nitrogens with zero attached hydrogens (tertiary/aromatic N) is 2. The quantitative estimate of drug-likeness (QED) is 0.487. The molecule has 0 saturated carbocycles. The SMILES string of the molecule is CC(C)N1C(=O)c2ccc(NC(=O)Nc3ccc([N+](=O)[O-])cc3)cc2C1=O. The number of imide groups is 1. The lowest BCUT2D eigenvalue weighted by atomic mass is 10.1. The Bertz CT molecular complexity index is 953. The van der Waals surface area contributed by atoms with Gasteiger partial charge in [-0.3, -0.25) is 24.6 Å². The maximum atomic E-state index is 12.4. The van der Waals surface area contributed by atoms with Crippen molar-refractivity contribution in [3.8, 4) is 0 Å². The highest BCUT2D eigenvalue weighted by Gasteiger charge is 2.37. The number of benzene rings is 2. The van der Waals surface area contributed by atoms with Gasteiger partial charge in [-0.1, -0.05) is 0 Å². The minimum absolute atomic E-state index is 0.0857. The Kier molecular flexibility index (Phi) is 4.59. The van der Waals surface area contributed by atoms with Crippen molar-refractivity contribution in [1.82, 2.24) is 4.90 Å². The summed E-state index contributed by atoms with van der Waals surface area (Å²) in [5.74, 6) is -0.753. The second-order valence-electron chi connectivity index (χ2n) is 6.22. The van der Waals surface area contributed by atoms with Gasteiger partial charge in [0.15, 0.2) is 0 Å². The first-order valence-electron chi connectivity index (χ1n) is 8.12. The van der Waals surface area contributed by atoms with Gasteiger partial charge >= 0.3 is 6.03 Å². The summed E-state index contributed by atoms with van der Waals surface area (Å²) in [5.41, 5.74) is 1.17. The third-order valence-electron chi connectivity index (χ3n) is 4.03. The molecule has 0 atom stereocenters. The van der Waals surface area contributed by atoms with Crippen LogP contribution in [0.25, 0.3) is 0 Å². The van der Waals surface area contributed by atoms with Gasteiger partial charge in [0.2, 0.25) is 0 Å². The normalized spacial score (nSPS) is 12.9. The molecule has 138 valence electrons. The summed E-state index contributed by atoms with van der Waals surface area (Å²) in [6.07, 6.45) is 0. The number of hydrogen-bond donors (Lipinski definition) is 2. The van der Waals surface area contributed by atoms with Crippen molar-refractivity contribution in [1.29, 1.82) is 0 Å². The number of non-ortho nitro benzene ring substituents is 1. The van der Waals surface area contributed by atoms with Gasteiger partial charge in [-0.15, -0.1) is 0 Å². The van der Waals surface area contributed by atoms with Crippen LogP contribution in [0.3, 0.4) is 0 Å². The van der Waals surface area contributed by atoms with Crippen LogP contribution in [0.2, 0.25) is 0 Å². The number of urea groups is 1. The minimum Gasteiger partial charge on any atom is -0.308 e. The molecule has 0 fully saturated rings. The summed E-state index contributed by atoms with van der Waals surface area (Å²) in [6.45, 7) is 3.50. The number of fused-ring (bicyclic) bond motifs is 1. The first kappa shape index (κ1) is 18.1. The minimum atomic E-state index is -0.582. The fourth-order valence-electron chi connectivity index (χ4n) is 2.77. The van der Waals surface area contributed by atoms with Crippen molar-refractivity contribution in [2.75, 3.05) is 10.6 Å². The highest BCUT2D eigenvalue weighted by Crippen LogP contribution is 2.27. The Morgan fingerprint density at radius 2 is 1.52 bits per heavy atom. The van der Waals surface area contributed by atoms with E-state index < -0.39 is 16.9 Å². The lowest BCUT2D eigenvalue weighted by Crippen LogP contribution is -2.35. The van der Waals surface area contributed by atoms with Gasteiger partial charge in [0.05, 0.1) is 16.1 Å². The number of carbonyl (C=O) groups excluding carboxylic acids is 3. The molecule has 0 aromatic heterocycles. The number of carbonyl (C=O) groups is 3. The molecule has 27 heavy (non-hydrogen) atoms. The molecule has 0 bridgehead atoms. The largest absolute Gasteiger partial charge is 0.323 e. The number of nitro benzene ring substituents is 1. The predicted molar refractivity (Wildman–Crippen MR) is 97.8 cm³/mol. The molecule has 2 aromatic rings. The monoisotopic (exact) mass is 368 g/mol. The van der Waals surface area contributed by atoms with Crippen LogP contribution in [0, 0.1) is 10.1 Å². The Morgan fingerprint density at radius 1 is 0.963 bits per heavy atom. The van der Waals surface area contributed by atoms with Crippen LogP contribution < -0.4 is 10.6 Å². The van der Waals surface area contributed by atoms with E-state index in [2.05, 4.69) is 10.6 Å². The van der Waals surface area contributed by atoms with Gasteiger partial charge in [-0.05, 0) is 44.2 Å². The van der Waals surface area contributed by atoms with Crippen LogP contribution in [0.1, 0.15) is 34.6 Å².